The summed E-state index contributed by atoms with van der Waals surface area (Å²) in [4.78, 5) is 45.0. The summed E-state index contributed by atoms with van der Waals surface area (Å²) in [7, 11) is 0. The zero-order chi connectivity index (χ0) is 28.5. The minimum Gasteiger partial charge on any atom is -0.480 e. The zero-order valence-electron chi connectivity index (χ0n) is 22.9. The number of hydrogen-bond acceptors (Lipinski definition) is 8. The molecule has 2 aliphatic heterocycles. The van der Waals surface area contributed by atoms with Gasteiger partial charge in [-0.3, -0.25) is 4.99 Å². The predicted molar refractivity (Wildman–Crippen MR) is 153 cm³/mol. The van der Waals surface area contributed by atoms with Gasteiger partial charge in [-0.1, -0.05) is 36.4 Å². The number of carboxylic acids is 1. The van der Waals surface area contributed by atoms with Gasteiger partial charge in [-0.2, -0.15) is 0 Å². The van der Waals surface area contributed by atoms with Gasteiger partial charge in [0, 0.05) is 50.6 Å². The summed E-state index contributed by atoms with van der Waals surface area (Å²) < 4.78 is 5.10. The average molecular weight is 552 g/mol. The average Bonchev–Trinajstić information content (AvgIpc) is 2.97. The first-order chi connectivity index (χ1) is 19.3. The molecule has 214 valence electrons. The summed E-state index contributed by atoms with van der Waals surface area (Å²) in [5, 5.41) is 21.1. The van der Waals surface area contributed by atoms with Gasteiger partial charge in [-0.25, -0.2) is 14.4 Å². The number of benzene rings is 2. The number of amides is 3. The fourth-order valence-corrected chi connectivity index (χ4v) is 4.74. The number of rotatable bonds is 8. The summed E-state index contributed by atoms with van der Waals surface area (Å²) in [5.41, 5.74) is 5.16. The van der Waals surface area contributed by atoms with E-state index < -0.39 is 18.1 Å². The molecule has 0 bridgehead atoms. The Morgan fingerprint density at radius 3 is 2.50 bits per heavy atom. The Morgan fingerprint density at radius 2 is 1.82 bits per heavy atom. The molecule has 2 aliphatic rings. The van der Waals surface area contributed by atoms with Crippen LogP contribution >= 0.6 is 0 Å². The number of alkyl carbamates (subject to hydrolysis) is 1. The van der Waals surface area contributed by atoms with Gasteiger partial charge in [0.25, 0.3) is 0 Å². The molecule has 12 heteroatoms. The number of urea groups is 1. The van der Waals surface area contributed by atoms with Crippen molar-refractivity contribution < 1.29 is 24.2 Å². The van der Waals surface area contributed by atoms with Crippen LogP contribution in [0.2, 0.25) is 0 Å². The molecule has 2 aromatic rings. The number of piperazine rings is 1. The Bertz CT molecular complexity index is 1230. The number of carbonyl (C=O) groups excluding carboxylic acids is 2. The van der Waals surface area contributed by atoms with Crippen molar-refractivity contribution in [2.75, 3.05) is 56.0 Å². The maximum absolute atomic E-state index is 12.8. The molecular weight excluding hydrogens is 514 g/mol. The number of carboxylic acid groups (broad SMARTS) is 1. The number of guanidine groups is 1. The highest BCUT2D eigenvalue weighted by Crippen LogP contribution is 2.31. The van der Waals surface area contributed by atoms with Gasteiger partial charge in [0.05, 0.1) is 6.54 Å². The van der Waals surface area contributed by atoms with E-state index in [1.165, 1.54) is 0 Å². The Hall–Kier alpha value is -4.48. The molecule has 4 rings (SSSR count). The Labute approximate surface area is 233 Å². The third-order valence-corrected chi connectivity index (χ3v) is 6.93. The van der Waals surface area contributed by atoms with E-state index in [1.54, 1.807) is 17.0 Å². The molecule has 0 saturated carbocycles. The van der Waals surface area contributed by atoms with Crippen molar-refractivity contribution in [3.05, 3.63) is 59.2 Å². The first-order valence-corrected chi connectivity index (χ1v) is 13.4. The van der Waals surface area contributed by atoms with Crippen LogP contribution in [0.5, 0.6) is 0 Å². The topological polar surface area (TPSA) is 148 Å². The molecular formula is C28H37N7O5. The number of anilines is 2. The van der Waals surface area contributed by atoms with Crippen LogP contribution in [0.4, 0.5) is 21.0 Å². The number of aryl methyl sites for hydroxylation is 1. The van der Waals surface area contributed by atoms with Gasteiger partial charge in [-0.05, 0) is 43.0 Å². The first-order valence-electron chi connectivity index (χ1n) is 13.4. The van der Waals surface area contributed by atoms with Gasteiger partial charge in [0.2, 0.25) is 0 Å². The Balaban J connectivity index is 1.27. The number of aliphatic imine (C=N–C) groups is 1. The van der Waals surface area contributed by atoms with Crippen molar-refractivity contribution in [1.82, 2.24) is 20.9 Å². The molecule has 3 amide bonds. The molecule has 40 heavy (non-hydrogen) atoms. The number of ether oxygens (including phenoxy) is 1. The molecule has 1 unspecified atom stereocenters. The number of nitrogens with one attached hydrogen (secondary N) is 4. The molecule has 1 saturated heterocycles. The molecule has 0 radical (unpaired) electrons. The number of aliphatic carboxylic acids is 1. The SMILES string of the molecule is Cc1ccc(NC2=NCCCN2)c(C)c1N1CCN(C(=O)NCC(NC(=O)OCc2ccccc2)C(=O)O)CC1. The maximum atomic E-state index is 12.8. The second-order valence-corrected chi connectivity index (χ2v) is 9.80. The van der Waals surface area contributed by atoms with Gasteiger partial charge in [0.15, 0.2) is 5.96 Å². The quantitative estimate of drug-likeness (QED) is 0.336. The van der Waals surface area contributed by atoms with Crippen molar-refractivity contribution in [2.24, 2.45) is 4.99 Å². The van der Waals surface area contributed by atoms with Crippen LogP contribution in [0.15, 0.2) is 47.5 Å². The third-order valence-electron chi connectivity index (χ3n) is 6.93. The van der Waals surface area contributed by atoms with Crippen LogP contribution < -0.4 is 26.2 Å². The highest BCUT2D eigenvalue weighted by Gasteiger charge is 2.26. The standard InChI is InChI=1S/C28H37N7O5/c1-19-9-10-22(32-26-29-11-6-12-30-26)20(2)24(19)34-13-15-35(16-14-34)27(38)31-17-23(25(36)37)33-28(39)40-18-21-7-4-3-5-8-21/h3-5,7-10,23H,6,11-18H2,1-2H3,(H,31,38)(H,33,39)(H,36,37)(H2,29,30,32). The maximum Gasteiger partial charge on any atom is 0.408 e. The number of hydrogen-bond donors (Lipinski definition) is 5. The van der Waals surface area contributed by atoms with Gasteiger partial charge < -0.3 is 40.9 Å². The minimum atomic E-state index is -1.32. The Kier molecular flexibility index (Phi) is 9.66. The molecule has 12 nitrogen and oxygen atoms in total. The van der Waals surface area contributed by atoms with E-state index in [1.807, 2.05) is 18.2 Å². The van der Waals surface area contributed by atoms with E-state index in [2.05, 4.69) is 57.1 Å². The van der Waals surface area contributed by atoms with Crippen LogP contribution in [0.25, 0.3) is 0 Å². The lowest BCUT2D eigenvalue weighted by molar-refractivity contribution is -0.139. The fraction of sp³-hybridized carbons (Fsp3) is 0.429. The predicted octanol–water partition coefficient (Wildman–Crippen LogP) is 2.28. The number of carbonyl (C=O) groups is 3. The molecule has 0 aliphatic carbocycles. The lowest BCUT2D eigenvalue weighted by atomic mass is 10.0. The lowest BCUT2D eigenvalue weighted by Crippen LogP contribution is -2.55. The van der Waals surface area contributed by atoms with Crippen LogP contribution in [0, 0.1) is 13.8 Å². The number of nitrogens with zero attached hydrogens (tertiary/aromatic N) is 3. The van der Waals surface area contributed by atoms with Crippen molar-refractivity contribution in [1.29, 1.82) is 0 Å². The molecule has 0 spiro atoms. The van der Waals surface area contributed by atoms with Gasteiger partial charge in [-0.15, -0.1) is 0 Å². The first kappa shape index (κ1) is 28.5. The second kappa shape index (κ2) is 13.5. The van der Waals surface area contributed by atoms with E-state index in [9.17, 15) is 19.5 Å². The van der Waals surface area contributed by atoms with Crippen molar-refractivity contribution in [3.63, 3.8) is 0 Å². The second-order valence-electron chi connectivity index (χ2n) is 9.80. The third kappa shape index (κ3) is 7.55. The van der Waals surface area contributed by atoms with E-state index in [-0.39, 0.29) is 19.2 Å². The molecule has 1 atom stereocenters. The van der Waals surface area contributed by atoms with E-state index in [0.29, 0.717) is 26.2 Å². The van der Waals surface area contributed by atoms with Gasteiger partial charge in [0.1, 0.15) is 12.6 Å². The highest BCUT2D eigenvalue weighted by atomic mass is 16.5. The molecule has 1 fully saturated rings. The largest absolute Gasteiger partial charge is 0.480 e. The minimum absolute atomic E-state index is 0.0131. The van der Waals surface area contributed by atoms with Crippen molar-refractivity contribution in [2.45, 2.75) is 32.9 Å². The van der Waals surface area contributed by atoms with Crippen molar-refractivity contribution >= 4 is 35.4 Å². The normalized spacial score (nSPS) is 15.8. The Morgan fingerprint density at radius 1 is 1.07 bits per heavy atom. The van der Waals surface area contributed by atoms with Crippen molar-refractivity contribution in [3.8, 4) is 0 Å². The monoisotopic (exact) mass is 551 g/mol. The van der Waals surface area contributed by atoms with Crippen LogP contribution in [0.3, 0.4) is 0 Å². The van der Waals surface area contributed by atoms with Crippen LogP contribution in [-0.4, -0.2) is 85.9 Å². The summed E-state index contributed by atoms with van der Waals surface area (Å²) in [6.07, 6.45) is 0.156. The molecule has 5 N–H and O–H groups in total. The summed E-state index contributed by atoms with van der Waals surface area (Å²) in [6.45, 7) is 7.81. The lowest BCUT2D eigenvalue weighted by Gasteiger charge is -2.38. The summed E-state index contributed by atoms with van der Waals surface area (Å²) in [5.74, 6) is -0.486. The van der Waals surface area contributed by atoms with E-state index in [0.717, 1.165) is 53.5 Å². The van der Waals surface area contributed by atoms with Crippen LogP contribution in [0.1, 0.15) is 23.1 Å². The van der Waals surface area contributed by atoms with Gasteiger partial charge >= 0.3 is 18.1 Å². The van der Waals surface area contributed by atoms with E-state index in [4.69, 9.17) is 4.74 Å². The zero-order valence-corrected chi connectivity index (χ0v) is 22.9. The summed E-state index contributed by atoms with van der Waals surface area (Å²) in [6, 6.07) is 11.5. The summed E-state index contributed by atoms with van der Waals surface area (Å²) >= 11 is 0. The molecule has 0 aromatic heterocycles. The molecule has 2 heterocycles. The van der Waals surface area contributed by atoms with E-state index >= 15 is 0 Å². The molecule has 2 aromatic carbocycles. The fourth-order valence-electron chi connectivity index (χ4n) is 4.74. The van der Waals surface area contributed by atoms with Crippen LogP contribution in [-0.2, 0) is 16.1 Å². The smallest absolute Gasteiger partial charge is 0.408 e. The highest BCUT2D eigenvalue weighted by molar-refractivity contribution is 5.95.